The lowest BCUT2D eigenvalue weighted by molar-refractivity contribution is -0.228. The molecule has 257 valence electrons. The Hall–Kier alpha value is -3.85. The Bertz CT molecular complexity index is 1970. The predicted molar refractivity (Wildman–Crippen MR) is 192 cm³/mol. The third-order valence-corrected chi connectivity index (χ3v) is 15.7. The van der Waals surface area contributed by atoms with Crippen molar-refractivity contribution < 1.29 is 14.0 Å². The summed E-state index contributed by atoms with van der Waals surface area (Å²) in [5.74, 6) is 1.14. The number of fused-ring (bicyclic) bond motifs is 2. The molecule has 3 aromatic heterocycles. The van der Waals surface area contributed by atoms with Crippen LogP contribution in [-0.2, 0) is 28.7 Å². The first-order chi connectivity index (χ1) is 23.1. The van der Waals surface area contributed by atoms with Crippen LogP contribution >= 0.6 is 11.6 Å². The van der Waals surface area contributed by atoms with Gasteiger partial charge in [-0.25, -0.2) is 19.6 Å². The summed E-state index contributed by atoms with van der Waals surface area (Å²) in [4.78, 5) is 28.2. The molecule has 0 saturated heterocycles. The molecule has 1 amide bonds. The average molecular weight is 698 g/mol. The monoisotopic (exact) mass is 697 g/mol. The van der Waals surface area contributed by atoms with Crippen molar-refractivity contribution in [2.45, 2.75) is 91.5 Å². The molecule has 1 aromatic carbocycles. The Morgan fingerprint density at radius 3 is 2.49 bits per heavy atom. The largest absolute Gasteiger partial charge is 0.564 e. The average Bonchev–Trinajstić information content (AvgIpc) is 3.40. The maximum Gasteiger partial charge on any atom is 0.265 e. The molecular weight excluding hydrogens is 654 g/mol. The number of halogens is 1. The Labute approximate surface area is 293 Å². The fourth-order valence-corrected chi connectivity index (χ4v) is 8.92. The zero-order chi connectivity index (χ0) is 34.9. The highest BCUT2D eigenvalue weighted by Crippen LogP contribution is 2.74. The number of carbonyl (C=O) groups is 1. The summed E-state index contributed by atoms with van der Waals surface area (Å²) < 4.78 is 14.7. The van der Waals surface area contributed by atoms with Crippen LogP contribution in [0.1, 0.15) is 71.0 Å². The molecule has 3 aliphatic carbocycles. The number of carbonyl (C=O) groups excluding carboxylic acids is 1. The number of pyridine rings is 1. The van der Waals surface area contributed by atoms with Crippen LogP contribution in [0.15, 0.2) is 36.8 Å². The number of aromatic nitrogens is 5. The summed E-state index contributed by atoms with van der Waals surface area (Å²) in [6.45, 7) is 17.6. The molecule has 10 nitrogen and oxygen atoms in total. The summed E-state index contributed by atoms with van der Waals surface area (Å²) in [7, 11) is -1.79. The van der Waals surface area contributed by atoms with E-state index in [0.29, 0.717) is 45.6 Å². The molecule has 4 aromatic rings. The van der Waals surface area contributed by atoms with Crippen LogP contribution in [0.5, 0.6) is 5.75 Å². The molecule has 0 N–H and O–H groups in total. The fraction of sp³-hybridized carbons (Fsp3) is 0.514. The van der Waals surface area contributed by atoms with Crippen molar-refractivity contribution in [2.75, 3.05) is 18.1 Å². The number of nitriles is 1. The molecule has 2 bridgehead atoms. The molecule has 49 heavy (non-hydrogen) atoms. The predicted octanol–water partition coefficient (Wildman–Crippen LogP) is 7.73. The van der Waals surface area contributed by atoms with Gasteiger partial charge in [0, 0.05) is 36.5 Å². The number of nitrogens with zero attached hydrogens (tertiary/aromatic N) is 7. The topological polar surface area (TPSA) is 119 Å². The van der Waals surface area contributed by atoms with Crippen LogP contribution in [0.2, 0.25) is 23.2 Å². The van der Waals surface area contributed by atoms with Crippen LogP contribution in [0.4, 0.5) is 5.69 Å². The van der Waals surface area contributed by atoms with Gasteiger partial charge in [0.1, 0.15) is 17.6 Å². The number of anilines is 1. The van der Waals surface area contributed by atoms with E-state index in [-0.39, 0.29) is 29.5 Å². The number of benzene rings is 1. The van der Waals surface area contributed by atoms with Crippen LogP contribution in [0.3, 0.4) is 0 Å². The van der Waals surface area contributed by atoms with E-state index in [2.05, 4.69) is 68.4 Å². The Balaban J connectivity index is 1.20. The number of rotatable bonds is 10. The smallest absolute Gasteiger partial charge is 0.265 e. The number of hydrogen-bond acceptors (Lipinski definition) is 8. The third-order valence-electron chi connectivity index (χ3n) is 11.0. The van der Waals surface area contributed by atoms with Crippen molar-refractivity contribution in [3.05, 3.63) is 58.9 Å². The van der Waals surface area contributed by atoms with Gasteiger partial charge in [-0.05, 0) is 68.4 Å². The van der Waals surface area contributed by atoms with Crippen LogP contribution in [0.25, 0.3) is 22.2 Å². The van der Waals surface area contributed by atoms with Gasteiger partial charge in [-0.3, -0.25) is 9.69 Å². The summed E-state index contributed by atoms with van der Waals surface area (Å²) >= 11 is 5.97. The summed E-state index contributed by atoms with van der Waals surface area (Å²) in [5, 5.41) is 16.9. The van der Waals surface area contributed by atoms with Crippen molar-refractivity contribution in [3.8, 4) is 22.9 Å². The lowest BCUT2D eigenvalue weighted by Gasteiger charge is -2.72. The second-order valence-corrected chi connectivity index (χ2v) is 21.7. The highest BCUT2D eigenvalue weighted by Gasteiger charge is 2.67. The summed E-state index contributed by atoms with van der Waals surface area (Å²) in [5.41, 5.74) is 4.87. The molecule has 1 aliphatic heterocycles. The van der Waals surface area contributed by atoms with Gasteiger partial charge in [0.2, 0.25) is 0 Å². The molecule has 3 fully saturated rings. The quantitative estimate of drug-likeness (QED) is 0.155. The van der Waals surface area contributed by atoms with Crippen LogP contribution in [0, 0.1) is 28.1 Å². The second-order valence-electron chi connectivity index (χ2n) is 16.4. The van der Waals surface area contributed by atoms with Gasteiger partial charge >= 0.3 is 0 Å². The number of amides is 1. The van der Waals surface area contributed by atoms with Crippen molar-refractivity contribution >= 4 is 42.5 Å². The van der Waals surface area contributed by atoms with Gasteiger partial charge in [-0.2, -0.15) is 10.4 Å². The fourth-order valence-electron chi connectivity index (χ4n) is 7.72. The van der Waals surface area contributed by atoms with E-state index in [4.69, 9.17) is 30.8 Å². The van der Waals surface area contributed by atoms with Gasteiger partial charge in [0.25, 0.3) is 5.91 Å². The minimum atomic E-state index is -1.79. The number of hydrogen-bond donors (Lipinski definition) is 0. The molecule has 4 aliphatic rings. The van der Waals surface area contributed by atoms with Crippen molar-refractivity contribution in [3.63, 3.8) is 0 Å². The van der Waals surface area contributed by atoms with Gasteiger partial charge < -0.3 is 9.16 Å². The second kappa shape index (κ2) is 11.9. The maximum absolute atomic E-state index is 12.9. The van der Waals surface area contributed by atoms with E-state index >= 15 is 0 Å². The first-order valence-electron chi connectivity index (χ1n) is 17.1. The molecule has 0 radical (unpaired) electrons. The van der Waals surface area contributed by atoms with Crippen molar-refractivity contribution in [1.82, 2.24) is 24.7 Å². The first kappa shape index (κ1) is 33.6. The van der Waals surface area contributed by atoms with Crippen LogP contribution < -0.4 is 9.64 Å². The van der Waals surface area contributed by atoms with E-state index in [9.17, 15) is 10.1 Å². The molecule has 3 saturated carbocycles. The molecule has 4 heterocycles. The lowest BCUT2D eigenvalue weighted by atomic mass is 9.35. The van der Waals surface area contributed by atoms with Crippen LogP contribution in [-0.4, -0.2) is 52.2 Å². The normalized spacial score (nSPS) is 21.6. The van der Waals surface area contributed by atoms with E-state index in [1.807, 2.05) is 24.4 Å². The Kier molecular flexibility index (Phi) is 8.16. The Morgan fingerprint density at radius 2 is 1.84 bits per heavy atom. The summed E-state index contributed by atoms with van der Waals surface area (Å²) in [6.07, 6.45) is 9.00. The standard InChI is InChI=1S/C37H44ClN7O3Si/c1-23(2)10-28-26(12-39)33(24-8-9-29-30(11-24)47-17-32(46)44(29)16-31-40-13-25(38)14-41-31)27-15-42-45(34(27)43-28)21-36-18-37(19-36,20-36)22-48-49(6,7)35(3,4)5/h8-9,11,13-15,23H,10,16-22H2,1-7H3/q-1. The zero-order valence-corrected chi connectivity index (χ0v) is 31.2. The summed E-state index contributed by atoms with van der Waals surface area (Å²) in [6, 6.07) is 8.20. The lowest BCUT2D eigenvalue weighted by Crippen LogP contribution is -2.66. The van der Waals surface area contributed by atoms with E-state index < -0.39 is 8.32 Å². The number of ether oxygens (including phenoxy) is 1. The minimum absolute atomic E-state index is 0.109. The van der Waals surface area contributed by atoms with Gasteiger partial charge in [-0.1, -0.05) is 52.3 Å². The SMILES string of the molecule is CC(C)Cc1nc2c(cnn2CC23CC(CO[Si-](C)(C)C(C)(C)C)(C2)C3)c(-c2ccc3c(c2)OCC(=O)N3Cc2ncc(Cl)cn2)c1C#N. The maximum atomic E-state index is 12.9. The molecule has 0 unspecified atom stereocenters. The van der Waals surface area contributed by atoms with Crippen molar-refractivity contribution in [2.24, 2.45) is 16.7 Å². The highest BCUT2D eigenvalue weighted by molar-refractivity contribution is 6.74. The van der Waals surface area contributed by atoms with Gasteiger partial charge in [0.15, 0.2) is 12.3 Å². The third kappa shape index (κ3) is 6.02. The Morgan fingerprint density at radius 1 is 1.12 bits per heavy atom. The first-order valence-corrected chi connectivity index (χ1v) is 20.4. The van der Waals surface area contributed by atoms with E-state index in [1.165, 1.54) is 12.4 Å². The molecular formula is C37H44ClN7O3Si-. The van der Waals surface area contributed by atoms with Gasteiger partial charge in [-0.15, -0.1) is 18.1 Å². The molecule has 8 rings (SSSR count). The molecule has 0 atom stereocenters. The zero-order valence-electron chi connectivity index (χ0n) is 29.4. The molecule has 0 spiro atoms. The van der Waals surface area contributed by atoms with Crippen molar-refractivity contribution in [1.29, 1.82) is 5.26 Å². The van der Waals surface area contributed by atoms with Gasteiger partial charge in [0.05, 0.1) is 34.7 Å². The molecule has 12 heteroatoms. The van der Waals surface area contributed by atoms with E-state index in [0.717, 1.165) is 60.3 Å². The van der Waals surface area contributed by atoms with E-state index in [1.54, 1.807) is 4.90 Å². The minimum Gasteiger partial charge on any atom is -0.564 e. The highest BCUT2D eigenvalue weighted by atomic mass is 35.5.